The van der Waals surface area contributed by atoms with E-state index in [4.69, 9.17) is 0 Å². The molecule has 0 unspecified atom stereocenters. The highest BCUT2D eigenvalue weighted by atomic mass is 32.1. The van der Waals surface area contributed by atoms with Crippen molar-refractivity contribution in [3.8, 4) is 10.6 Å². The summed E-state index contributed by atoms with van der Waals surface area (Å²) in [5, 5.41) is 9.97. The van der Waals surface area contributed by atoms with Crippen molar-refractivity contribution in [3.05, 3.63) is 35.1 Å². The Balaban J connectivity index is 2.57. The van der Waals surface area contributed by atoms with Crippen LogP contribution in [0.1, 0.15) is 36.1 Å². The molecule has 2 aromatic rings. The first-order valence-corrected chi connectivity index (χ1v) is 6.36. The van der Waals surface area contributed by atoms with Gasteiger partial charge in [0.15, 0.2) is 0 Å². The second-order valence-corrected chi connectivity index (χ2v) is 5.99. The zero-order valence-electron chi connectivity index (χ0n) is 10.5. The van der Waals surface area contributed by atoms with Gasteiger partial charge in [-0.25, -0.2) is 9.78 Å². The maximum atomic E-state index is 11.3. The molecule has 0 aliphatic heterocycles. The number of aromatic carboxylic acids is 1. The van der Waals surface area contributed by atoms with Crippen molar-refractivity contribution in [2.24, 2.45) is 0 Å². The summed E-state index contributed by atoms with van der Waals surface area (Å²) in [5.74, 6) is -0.919. The van der Waals surface area contributed by atoms with Crippen LogP contribution < -0.4 is 0 Å². The lowest BCUT2D eigenvalue weighted by Gasteiger charge is -2.15. The first-order chi connectivity index (χ1) is 8.39. The van der Waals surface area contributed by atoms with Gasteiger partial charge in [-0.3, -0.25) is 4.98 Å². The first-order valence-electron chi connectivity index (χ1n) is 5.54. The minimum atomic E-state index is -0.919. The van der Waals surface area contributed by atoms with Gasteiger partial charge in [-0.05, 0) is 12.1 Å². The van der Waals surface area contributed by atoms with Crippen LogP contribution in [-0.2, 0) is 5.41 Å². The Morgan fingerprint density at radius 2 is 1.89 bits per heavy atom. The fraction of sp³-hybridized carbons (Fsp3) is 0.308. The molecular formula is C13H14N2O2S. The van der Waals surface area contributed by atoms with Gasteiger partial charge in [0.1, 0.15) is 9.88 Å². The van der Waals surface area contributed by atoms with Crippen molar-refractivity contribution >= 4 is 17.3 Å². The fourth-order valence-electron chi connectivity index (χ4n) is 1.59. The van der Waals surface area contributed by atoms with E-state index >= 15 is 0 Å². The molecule has 0 aromatic carbocycles. The van der Waals surface area contributed by atoms with Crippen LogP contribution in [0.5, 0.6) is 0 Å². The standard InChI is InChI=1S/C13H14N2O2S/c1-13(2,3)10-9(12(16)17)18-11(15-10)8-4-6-14-7-5-8/h4-7H,1-3H3,(H,16,17). The minimum absolute atomic E-state index is 0.282. The largest absolute Gasteiger partial charge is 0.477 e. The van der Waals surface area contributed by atoms with Crippen molar-refractivity contribution < 1.29 is 9.90 Å². The summed E-state index contributed by atoms with van der Waals surface area (Å²) >= 11 is 1.21. The Bertz CT molecular complexity index is 570. The Morgan fingerprint density at radius 1 is 1.28 bits per heavy atom. The number of carboxylic acid groups (broad SMARTS) is 1. The summed E-state index contributed by atoms with van der Waals surface area (Å²) in [6.07, 6.45) is 3.35. The number of aromatic nitrogens is 2. The topological polar surface area (TPSA) is 63.1 Å². The third kappa shape index (κ3) is 2.41. The SMILES string of the molecule is CC(C)(C)c1nc(-c2ccncc2)sc1C(=O)O. The predicted molar refractivity (Wildman–Crippen MR) is 71.0 cm³/mol. The number of hydrogen-bond acceptors (Lipinski definition) is 4. The molecular weight excluding hydrogens is 248 g/mol. The molecule has 0 aliphatic rings. The highest BCUT2D eigenvalue weighted by molar-refractivity contribution is 7.17. The van der Waals surface area contributed by atoms with Gasteiger partial charge < -0.3 is 5.11 Å². The summed E-state index contributed by atoms with van der Waals surface area (Å²) in [5.41, 5.74) is 1.25. The third-order valence-corrected chi connectivity index (χ3v) is 3.55. The molecule has 94 valence electrons. The molecule has 4 nitrogen and oxygen atoms in total. The third-order valence-electron chi connectivity index (χ3n) is 2.46. The molecule has 0 amide bonds. The molecule has 0 saturated heterocycles. The van der Waals surface area contributed by atoms with Gasteiger partial charge in [0.25, 0.3) is 0 Å². The molecule has 0 bridgehead atoms. The van der Waals surface area contributed by atoms with Gasteiger partial charge in [0.2, 0.25) is 0 Å². The number of nitrogens with zero attached hydrogens (tertiary/aromatic N) is 2. The van der Waals surface area contributed by atoms with Crippen LogP contribution in [0.25, 0.3) is 10.6 Å². The lowest BCUT2D eigenvalue weighted by atomic mass is 9.91. The van der Waals surface area contributed by atoms with E-state index < -0.39 is 5.97 Å². The maximum absolute atomic E-state index is 11.3. The van der Waals surface area contributed by atoms with E-state index in [2.05, 4.69) is 9.97 Å². The van der Waals surface area contributed by atoms with E-state index in [1.54, 1.807) is 12.4 Å². The number of thiazole rings is 1. The van der Waals surface area contributed by atoms with Crippen LogP contribution in [-0.4, -0.2) is 21.0 Å². The molecule has 0 spiro atoms. The number of carboxylic acids is 1. The zero-order valence-corrected chi connectivity index (χ0v) is 11.3. The van der Waals surface area contributed by atoms with E-state index in [0.29, 0.717) is 10.6 Å². The zero-order chi connectivity index (χ0) is 13.3. The molecule has 0 radical (unpaired) electrons. The second-order valence-electron chi connectivity index (χ2n) is 4.99. The molecule has 0 saturated carbocycles. The van der Waals surface area contributed by atoms with Crippen LogP contribution in [0.15, 0.2) is 24.5 Å². The predicted octanol–water partition coefficient (Wildman–Crippen LogP) is 3.20. The minimum Gasteiger partial charge on any atom is -0.477 e. The van der Waals surface area contributed by atoms with Crippen LogP contribution in [0.2, 0.25) is 0 Å². The summed E-state index contributed by atoms with van der Waals surface area (Å²) in [6.45, 7) is 5.89. The van der Waals surface area contributed by atoms with E-state index in [1.807, 2.05) is 32.9 Å². The van der Waals surface area contributed by atoms with Crippen molar-refractivity contribution in [1.82, 2.24) is 9.97 Å². The number of pyridine rings is 1. The van der Waals surface area contributed by atoms with Gasteiger partial charge in [-0.2, -0.15) is 0 Å². The van der Waals surface area contributed by atoms with Crippen LogP contribution >= 0.6 is 11.3 Å². The number of carbonyl (C=O) groups is 1. The molecule has 2 rings (SSSR count). The Hall–Kier alpha value is -1.75. The smallest absolute Gasteiger partial charge is 0.347 e. The van der Waals surface area contributed by atoms with E-state index in [-0.39, 0.29) is 5.41 Å². The average Bonchev–Trinajstić information content (AvgIpc) is 2.74. The van der Waals surface area contributed by atoms with E-state index in [9.17, 15) is 9.90 Å². The van der Waals surface area contributed by atoms with Crippen LogP contribution in [0.3, 0.4) is 0 Å². The molecule has 0 atom stereocenters. The monoisotopic (exact) mass is 262 g/mol. The van der Waals surface area contributed by atoms with Crippen molar-refractivity contribution in [2.75, 3.05) is 0 Å². The lowest BCUT2D eigenvalue weighted by molar-refractivity contribution is 0.0699. The highest BCUT2D eigenvalue weighted by Gasteiger charge is 2.27. The molecule has 0 aliphatic carbocycles. The Kier molecular flexibility index (Phi) is 3.17. The molecule has 5 heteroatoms. The summed E-state index contributed by atoms with van der Waals surface area (Å²) < 4.78 is 0. The molecule has 2 aromatic heterocycles. The fourth-order valence-corrected chi connectivity index (χ4v) is 2.71. The van der Waals surface area contributed by atoms with Gasteiger partial charge in [0, 0.05) is 23.4 Å². The molecule has 2 heterocycles. The first kappa shape index (κ1) is 12.7. The Morgan fingerprint density at radius 3 is 2.33 bits per heavy atom. The maximum Gasteiger partial charge on any atom is 0.347 e. The summed E-state index contributed by atoms with van der Waals surface area (Å²) in [6, 6.07) is 3.66. The second kappa shape index (κ2) is 4.49. The van der Waals surface area contributed by atoms with Gasteiger partial charge in [-0.15, -0.1) is 11.3 Å². The van der Waals surface area contributed by atoms with E-state index in [1.165, 1.54) is 11.3 Å². The van der Waals surface area contributed by atoms with Gasteiger partial charge in [-0.1, -0.05) is 20.8 Å². The highest BCUT2D eigenvalue weighted by Crippen LogP contribution is 2.34. The van der Waals surface area contributed by atoms with Gasteiger partial charge >= 0.3 is 5.97 Å². The molecule has 18 heavy (non-hydrogen) atoms. The van der Waals surface area contributed by atoms with E-state index in [0.717, 1.165) is 10.6 Å². The average molecular weight is 262 g/mol. The van der Waals surface area contributed by atoms with Crippen molar-refractivity contribution in [1.29, 1.82) is 0 Å². The normalized spacial score (nSPS) is 11.5. The van der Waals surface area contributed by atoms with Crippen LogP contribution in [0, 0.1) is 0 Å². The summed E-state index contributed by atoms with van der Waals surface area (Å²) in [7, 11) is 0. The summed E-state index contributed by atoms with van der Waals surface area (Å²) in [4.78, 5) is 20.0. The number of rotatable bonds is 2. The molecule has 1 N–H and O–H groups in total. The van der Waals surface area contributed by atoms with Crippen LogP contribution in [0.4, 0.5) is 0 Å². The quantitative estimate of drug-likeness (QED) is 0.902. The van der Waals surface area contributed by atoms with Crippen molar-refractivity contribution in [3.63, 3.8) is 0 Å². The Labute approximate surface area is 109 Å². The van der Waals surface area contributed by atoms with Crippen molar-refractivity contribution in [2.45, 2.75) is 26.2 Å². The molecule has 0 fully saturated rings. The number of hydrogen-bond donors (Lipinski definition) is 1. The lowest BCUT2D eigenvalue weighted by Crippen LogP contribution is -2.16. The van der Waals surface area contributed by atoms with Gasteiger partial charge in [0.05, 0.1) is 5.69 Å².